The summed E-state index contributed by atoms with van der Waals surface area (Å²) in [5, 5.41) is 11.4. The molecule has 4 heteroatoms. The highest BCUT2D eigenvalue weighted by Gasteiger charge is 2.11. The third-order valence-electron chi connectivity index (χ3n) is 3.00. The van der Waals surface area contributed by atoms with E-state index in [1.807, 2.05) is 12.3 Å². The molecule has 3 nitrogen and oxygen atoms in total. The van der Waals surface area contributed by atoms with Gasteiger partial charge in [-0.05, 0) is 48.7 Å². The number of halogens is 1. The van der Waals surface area contributed by atoms with Crippen LogP contribution in [0.4, 0.5) is 0 Å². The average molecular weight is 320 g/mol. The number of hydrogen-bond donors (Lipinski definition) is 1. The van der Waals surface area contributed by atoms with Crippen LogP contribution >= 0.6 is 15.9 Å². The normalized spacial score (nSPS) is 12.3. The first-order valence-electron chi connectivity index (χ1n) is 6.54. The molecule has 0 aliphatic heterocycles. The van der Waals surface area contributed by atoms with E-state index in [0.29, 0.717) is 0 Å². The molecule has 0 radical (unpaired) electrons. The van der Waals surface area contributed by atoms with Gasteiger partial charge >= 0.3 is 0 Å². The summed E-state index contributed by atoms with van der Waals surface area (Å²) < 4.78 is 1.11. The minimum absolute atomic E-state index is 0.289. The zero-order chi connectivity index (χ0) is 13.5. The highest BCUT2D eigenvalue weighted by Crippen LogP contribution is 2.19. The number of nitrogens with zero attached hydrogens (tertiary/aromatic N) is 2. The highest BCUT2D eigenvalue weighted by molar-refractivity contribution is 9.10. The van der Waals surface area contributed by atoms with E-state index in [1.54, 1.807) is 6.20 Å². The van der Waals surface area contributed by atoms with Gasteiger partial charge in [-0.3, -0.25) is 0 Å². The van der Waals surface area contributed by atoms with E-state index in [-0.39, 0.29) is 6.04 Å². The predicted octanol–water partition coefficient (Wildman–Crippen LogP) is 3.52. The number of rotatable bonds is 6. The molecule has 0 bridgehead atoms. The fraction of sp³-hybridized carbons (Fsp3) is 0.333. The number of benzene rings is 1. The molecule has 1 aromatic carbocycles. The Hall–Kier alpha value is -1.26. The van der Waals surface area contributed by atoms with Gasteiger partial charge < -0.3 is 5.32 Å². The SMILES string of the molecule is CCCNC(Cc1ccc(Br)cc1)c1ccnnc1. The van der Waals surface area contributed by atoms with E-state index in [1.165, 1.54) is 11.1 Å². The summed E-state index contributed by atoms with van der Waals surface area (Å²) in [7, 11) is 0. The summed E-state index contributed by atoms with van der Waals surface area (Å²) in [6, 6.07) is 10.8. The summed E-state index contributed by atoms with van der Waals surface area (Å²) in [5.74, 6) is 0. The Morgan fingerprint density at radius 1 is 1.16 bits per heavy atom. The second-order valence-corrected chi connectivity index (χ2v) is 5.43. The second-order valence-electron chi connectivity index (χ2n) is 4.51. The van der Waals surface area contributed by atoms with Crippen LogP contribution in [-0.4, -0.2) is 16.7 Å². The molecule has 0 amide bonds. The van der Waals surface area contributed by atoms with Crippen molar-refractivity contribution in [2.24, 2.45) is 0 Å². The second kappa shape index (κ2) is 7.36. The minimum Gasteiger partial charge on any atom is -0.310 e. The van der Waals surface area contributed by atoms with Crippen LogP contribution in [0.3, 0.4) is 0 Å². The van der Waals surface area contributed by atoms with Crippen LogP contribution < -0.4 is 5.32 Å². The Kier molecular flexibility index (Phi) is 5.48. The van der Waals surface area contributed by atoms with Gasteiger partial charge in [-0.1, -0.05) is 35.0 Å². The number of aromatic nitrogens is 2. The zero-order valence-electron chi connectivity index (χ0n) is 11.0. The largest absolute Gasteiger partial charge is 0.310 e. The van der Waals surface area contributed by atoms with Gasteiger partial charge in [0.05, 0.1) is 6.20 Å². The van der Waals surface area contributed by atoms with Crippen molar-refractivity contribution in [3.05, 3.63) is 58.3 Å². The van der Waals surface area contributed by atoms with Gasteiger partial charge in [0.1, 0.15) is 0 Å². The van der Waals surface area contributed by atoms with Gasteiger partial charge in [0.15, 0.2) is 0 Å². The maximum atomic E-state index is 3.97. The number of nitrogens with one attached hydrogen (secondary N) is 1. The quantitative estimate of drug-likeness (QED) is 0.885. The van der Waals surface area contributed by atoms with E-state index in [2.05, 4.69) is 62.6 Å². The van der Waals surface area contributed by atoms with E-state index in [0.717, 1.165) is 23.9 Å². The lowest BCUT2D eigenvalue weighted by Gasteiger charge is -2.18. The Labute approximate surface area is 122 Å². The molecule has 0 fully saturated rings. The van der Waals surface area contributed by atoms with E-state index >= 15 is 0 Å². The van der Waals surface area contributed by atoms with Crippen LogP contribution in [0.15, 0.2) is 47.2 Å². The van der Waals surface area contributed by atoms with Gasteiger partial charge in [0.2, 0.25) is 0 Å². The summed E-state index contributed by atoms with van der Waals surface area (Å²) in [5.41, 5.74) is 2.50. The predicted molar refractivity (Wildman–Crippen MR) is 80.9 cm³/mol. The first-order valence-corrected chi connectivity index (χ1v) is 7.33. The summed E-state index contributed by atoms with van der Waals surface area (Å²) in [6.07, 6.45) is 5.66. The van der Waals surface area contributed by atoms with Crippen LogP contribution in [0.5, 0.6) is 0 Å². The third-order valence-corrected chi connectivity index (χ3v) is 3.53. The van der Waals surface area contributed by atoms with Crippen LogP contribution in [0.25, 0.3) is 0 Å². The van der Waals surface area contributed by atoms with Crippen molar-refractivity contribution in [1.29, 1.82) is 0 Å². The molecule has 19 heavy (non-hydrogen) atoms. The number of hydrogen-bond acceptors (Lipinski definition) is 3. The minimum atomic E-state index is 0.289. The highest BCUT2D eigenvalue weighted by atomic mass is 79.9. The lowest BCUT2D eigenvalue weighted by molar-refractivity contribution is 0.526. The fourth-order valence-electron chi connectivity index (χ4n) is 1.99. The van der Waals surface area contributed by atoms with Crippen molar-refractivity contribution in [2.75, 3.05) is 6.54 Å². The molecule has 0 aliphatic carbocycles. The molecule has 1 atom stereocenters. The van der Waals surface area contributed by atoms with Gasteiger partial charge in [-0.2, -0.15) is 10.2 Å². The Bertz CT molecular complexity index is 485. The average Bonchev–Trinajstić information content (AvgIpc) is 2.46. The lowest BCUT2D eigenvalue weighted by Crippen LogP contribution is -2.24. The van der Waals surface area contributed by atoms with E-state index in [9.17, 15) is 0 Å². The molecule has 1 heterocycles. The molecule has 1 aromatic heterocycles. The van der Waals surface area contributed by atoms with Gasteiger partial charge in [0, 0.05) is 16.7 Å². The monoisotopic (exact) mass is 319 g/mol. The molecular weight excluding hydrogens is 302 g/mol. The van der Waals surface area contributed by atoms with Crippen LogP contribution in [0.2, 0.25) is 0 Å². The van der Waals surface area contributed by atoms with Crippen LogP contribution in [0, 0.1) is 0 Å². The van der Waals surface area contributed by atoms with Crippen LogP contribution in [0.1, 0.15) is 30.5 Å². The molecule has 0 saturated heterocycles. The third kappa shape index (κ3) is 4.40. The molecule has 100 valence electrons. The molecule has 1 unspecified atom stereocenters. The summed E-state index contributed by atoms with van der Waals surface area (Å²) in [4.78, 5) is 0. The van der Waals surface area contributed by atoms with Crippen molar-refractivity contribution in [2.45, 2.75) is 25.8 Å². The van der Waals surface area contributed by atoms with Crippen molar-refractivity contribution in [3.63, 3.8) is 0 Å². The summed E-state index contributed by atoms with van der Waals surface area (Å²) in [6.45, 7) is 3.18. The Morgan fingerprint density at radius 2 is 1.95 bits per heavy atom. The molecule has 2 aromatic rings. The molecule has 0 spiro atoms. The van der Waals surface area contributed by atoms with Crippen molar-refractivity contribution in [1.82, 2.24) is 15.5 Å². The molecule has 0 aliphatic rings. The Morgan fingerprint density at radius 3 is 2.58 bits per heavy atom. The maximum Gasteiger partial charge on any atom is 0.0544 e. The lowest BCUT2D eigenvalue weighted by atomic mass is 10.0. The van der Waals surface area contributed by atoms with E-state index in [4.69, 9.17) is 0 Å². The first-order chi connectivity index (χ1) is 9.29. The van der Waals surface area contributed by atoms with Crippen molar-refractivity contribution in [3.8, 4) is 0 Å². The Balaban J connectivity index is 2.11. The molecular formula is C15H18BrN3. The van der Waals surface area contributed by atoms with Gasteiger partial charge in [-0.25, -0.2) is 0 Å². The maximum absolute atomic E-state index is 3.97. The first kappa shape index (κ1) is 14.2. The summed E-state index contributed by atoms with van der Waals surface area (Å²) >= 11 is 3.46. The van der Waals surface area contributed by atoms with Crippen molar-refractivity contribution >= 4 is 15.9 Å². The van der Waals surface area contributed by atoms with Gasteiger partial charge in [-0.15, -0.1) is 0 Å². The van der Waals surface area contributed by atoms with Crippen molar-refractivity contribution < 1.29 is 0 Å². The molecule has 2 rings (SSSR count). The molecule has 0 saturated carbocycles. The topological polar surface area (TPSA) is 37.8 Å². The standard InChI is InChI=1S/C15H18BrN3/c1-2-8-17-15(13-7-9-18-19-11-13)10-12-3-5-14(16)6-4-12/h3-7,9,11,15,17H,2,8,10H2,1H3. The smallest absolute Gasteiger partial charge is 0.0544 e. The fourth-order valence-corrected chi connectivity index (χ4v) is 2.25. The van der Waals surface area contributed by atoms with Crippen LogP contribution in [-0.2, 0) is 6.42 Å². The van der Waals surface area contributed by atoms with Gasteiger partial charge in [0.25, 0.3) is 0 Å². The molecule has 1 N–H and O–H groups in total. The zero-order valence-corrected chi connectivity index (χ0v) is 12.6. The van der Waals surface area contributed by atoms with E-state index < -0.39 is 0 Å².